The van der Waals surface area contributed by atoms with E-state index in [1.807, 2.05) is 0 Å². The van der Waals surface area contributed by atoms with Crippen molar-refractivity contribution < 1.29 is 62.1 Å². The minimum absolute atomic E-state index is 0. The first kappa shape index (κ1) is 27.0. The van der Waals surface area contributed by atoms with Crippen LogP contribution in [0.25, 0.3) is 0 Å². The van der Waals surface area contributed by atoms with Gasteiger partial charge in [-0.3, -0.25) is 0 Å². The van der Waals surface area contributed by atoms with E-state index in [4.69, 9.17) is 30.6 Å². The Morgan fingerprint density at radius 1 is 0.484 bits per heavy atom. The van der Waals surface area contributed by atoms with Crippen molar-refractivity contribution in [3.05, 3.63) is 89.5 Å². The third-order valence-corrected chi connectivity index (χ3v) is 3.45. The van der Waals surface area contributed by atoms with Crippen molar-refractivity contribution in [2.75, 3.05) is 0 Å². The van der Waals surface area contributed by atoms with Crippen LogP contribution in [-0.4, -0.2) is 48.5 Å². The minimum atomic E-state index is -0.863. The molecule has 0 spiro atoms. The molecule has 0 saturated carbocycles. The topological polar surface area (TPSA) is 181 Å². The molecule has 0 aliphatic carbocycles. The first-order valence-corrected chi connectivity index (χ1v) is 8.27. The number of aromatic hydroxyl groups is 3. The predicted molar refractivity (Wildman–Crippen MR) is 108 cm³/mol. The molecule has 0 unspecified atom stereocenters. The van der Waals surface area contributed by atoms with E-state index in [1.165, 1.54) is 36.4 Å². The van der Waals surface area contributed by atoms with E-state index in [2.05, 4.69) is 0 Å². The number of phenolic OH excluding ortho intramolecular Hbond substituents is 3. The zero-order valence-corrected chi connectivity index (χ0v) is 17.1. The number of rotatable bonds is 3. The summed E-state index contributed by atoms with van der Waals surface area (Å²) in [5, 5.41) is 46.8. The van der Waals surface area contributed by atoms with Crippen LogP contribution < -0.4 is 0 Å². The molecule has 0 bridgehead atoms. The Kier molecular flexibility index (Phi) is 11.5. The van der Waals surface area contributed by atoms with Crippen molar-refractivity contribution >= 4 is 17.9 Å². The average molecular weight is 472 g/mol. The van der Waals surface area contributed by atoms with Crippen molar-refractivity contribution in [2.45, 2.75) is 0 Å². The summed E-state index contributed by atoms with van der Waals surface area (Å²) >= 11 is 0. The summed E-state index contributed by atoms with van der Waals surface area (Å²) in [5.41, 5.74) is 0.132. The average Bonchev–Trinajstić information content (AvgIpc) is 2.69. The SMILES string of the molecule is O=C([OH2+])c1ccccc1O.O=C([OH2+])c1ccccc1O.O=C([OH2+])c1ccccc1O.[Mn+2]. The zero-order chi connectivity index (χ0) is 22.7. The summed E-state index contributed by atoms with van der Waals surface area (Å²) < 4.78 is 0. The van der Waals surface area contributed by atoms with E-state index < -0.39 is 17.9 Å². The molecule has 1 radical (unpaired) electrons. The molecule has 9 nitrogen and oxygen atoms in total. The fraction of sp³-hybridized carbons (Fsp3) is 0. The summed E-state index contributed by atoms with van der Waals surface area (Å²) in [6.07, 6.45) is 0. The fourth-order valence-electron chi connectivity index (χ4n) is 2.00. The zero-order valence-electron chi connectivity index (χ0n) is 15.9. The molecule has 3 aromatic rings. The summed E-state index contributed by atoms with van der Waals surface area (Å²) in [6.45, 7) is 0. The number of carbonyl (C=O) groups excluding carboxylic acids is 3. The molecule has 0 aromatic heterocycles. The van der Waals surface area contributed by atoms with Crippen molar-refractivity contribution in [3.63, 3.8) is 0 Å². The van der Waals surface area contributed by atoms with Gasteiger partial charge in [0.05, 0.1) is 0 Å². The first-order valence-electron chi connectivity index (χ1n) is 8.27. The molecule has 9 N–H and O–H groups in total. The van der Waals surface area contributed by atoms with Gasteiger partial charge in [-0.15, -0.1) is 0 Å². The third-order valence-electron chi connectivity index (χ3n) is 3.45. The van der Waals surface area contributed by atoms with E-state index >= 15 is 0 Å². The van der Waals surface area contributed by atoms with Crippen LogP contribution in [0, 0.1) is 0 Å². The third kappa shape index (κ3) is 8.90. The Balaban J connectivity index is 0.000000429. The van der Waals surface area contributed by atoms with Crippen molar-refractivity contribution in [2.24, 2.45) is 0 Å². The van der Waals surface area contributed by atoms with Gasteiger partial charge in [0, 0.05) is 14.4 Å². The van der Waals surface area contributed by atoms with Gasteiger partial charge in [0.25, 0.3) is 0 Å². The molecule has 3 rings (SSSR count). The van der Waals surface area contributed by atoms with Gasteiger partial charge in [0.15, 0.2) is 16.7 Å². The van der Waals surface area contributed by atoms with Gasteiger partial charge in [0.1, 0.15) is 17.2 Å². The molecule has 0 aliphatic rings. The van der Waals surface area contributed by atoms with Crippen LogP contribution >= 0.6 is 0 Å². The standard InChI is InChI=1S/3C7H6O3.Mn/c3*8-6-4-2-1-3-5(6)7(9)10;/h3*1-4,8H,(H,9,10);/q;;;+2/p+3. The van der Waals surface area contributed by atoms with E-state index in [9.17, 15) is 14.4 Å². The van der Waals surface area contributed by atoms with Gasteiger partial charge >= 0.3 is 35.0 Å². The van der Waals surface area contributed by atoms with Gasteiger partial charge < -0.3 is 30.6 Å². The van der Waals surface area contributed by atoms with Crippen LogP contribution in [0.3, 0.4) is 0 Å². The van der Waals surface area contributed by atoms with Crippen molar-refractivity contribution in [1.29, 1.82) is 0 Å². The molecule has 161 valence electrons. The molecule has 0 atom stereocenters. The van der Waals surface area contributed by atoms with Crippen molar-refractivity contribution in [1.82, 2.24) is 0 Å². The Morgan fingerprint density at radius 3 is 0.806 bits per heavy atom. The maximum absolute atomic E-state index is 10.4. The maximum atomic E-state index is 10.4. The molecule has 0 amide bonds. The minimum Gasteiger partial charge on any atom is -0.561 e. The molecule has 3 aromatic carbocycles. The van der Waals surface area contributed by atoms with Gasteiger partial charge in [-0.2, -0.15) is 0 Å². The number of carbonyl (C=O) groups is 3. The van der Waals surface area contributed by atoms with E-state index in [0.29, 0.717) is 0 Å². The van der Waals surface area contributed by atoms with Crippen LogP contribution in [-0.2, 0) is 17.1 Å². The second-order valence-electron chi connectivity index (χ2n) is 5.54. The Hall–Kier alpha value is -4.01. The first-order chi connectivity index (χ1) is 14.1. The number of benzene rings is 3. The van der Waals surface area contributed by atoms with Crippen LogP contribution in [0.15, 0.2) is 72.8 Å². The number of para-hydroxylation sites is 3. The van der Waals surface area contributed by atoms with Crippen LogP contribution in [0.2, 0.25) is 0 Å². The van der Waals surface area contributed by atoms with Gasteiger partial charge in [-0.1, -0.05) is 36.4 Å². The van der Waals surface area contributed by atoms with Crippen LogP contribution in [0.5, 0.6) is 17.2 Å². The second kappa shape index (κ2) is 13.3. The van der Waals surface area contributed by atoms with Gasteiger partial charge in [-0.05, 0) is 36.4 Å². The Labute approximate surface area is 186 Å². The molecule has 10 heteroatoms. The quantitative estimate of drug-likeness (QED) is 0.374. The van der Waals surface area contributed by atoms with Crippen LogP contribution in [0.4, 0.5) is 0 Å². The van der Waals surface area contributed by atoms with Crippen LogP contribution in [0.1, 0.15) is 31.1 Å². The summed E-state index contributed by atoms with van der Waals surface area (Å²) in [4.78, 5) is 31.1. The van der Waals surface area contributed by atoms with Gasteiger partial charge in [0.2, 0.25) is 0 Å². The fourth-order valence-corrected chi connectivity index (χ4v) is 2.00. The van der Waals surface area contributed by atoms with Gasteiger partial charge in [-0.25, -0.2) is 0 Å². The molecule has 31 heavy (non-hydrogen) atoms. The normalized spacial score (nSPS) is 8.90. The molecule has 0 aliphatic heterocycles. The van der Waals surface area contributed by atoms with E-state index in [0.717, 1.165) is 0 Å². The van der Waals surface area contributed by atoms with E-state index in [-0.39, 0.29) is 51.0 Å². The summed E-state index contributed by atoms with van der Waals surface area (Å²) in [6, 6.07) is 17.9. The molecule has 0 saturated heterocycles. The maximum Gasteiger partial charge on any atom is 2.00 e. The molecule has 0 fully saturated rings. The molecular weight excluding hydrogens is 451 g/mol. The molecule has 0 heterocycles. The second-order valence-corrected chi connectivity index (χ2v) is 5.54. The van der Waals surface area contributed by atoms with Crippen molar-refractivity contribution in [3.8, 4) is 17.2 Å². The smallest absolute Gasteiger partial charge is 0.561 e. The number of phenols is 3. The Morgan fingerprint density at radius 2 is 0.677 bits per heavy atom. The summed E-state index contributed by atoms with van der Waals surface area (Å²) in [5.74, 6) is -3.00. The largest absolute Gasteiger partial charge is 2.00 e. The predicted octanol–water partition coefficient (Wildman–Crippen LogP) is 0.768. The number of hydrogen-bond donors (Lipinski definition) is 3. The number of hydrogen-bond acceptors (Lipinski definition) is 6. The Bertz CT molecular complexity index is 903. The molecular formula is C21H21MnO9+5. The van der Waals surface area contributed by atoms with E-state index in [1.54, 1.807) is 36.4 Å². The monoisotopic (exact) mass is 472 g/mol. The summed E-state index contributed by atoms with van der Waals surface area (Å²) in [7, 11) is 0.